The first-order chi connectivity index (χ1) is 13.0. The van der Waals surface area contributed by atoms with Crippen molar-refractivity contribution in [1.82, 2.24) is 19.8 Å². The number of nitrogens with zero attached hydrogens (tertiary/aromatic N) is 3. The second-order valence-electron chi connectivity index (χ2n) is 5.95. The van der Waals surface area contributed by atoms with Gasteiger partial charge >= 0.3 is 0 Å². The lowest BCUT2D eigenvalue weighted by molar-refractivity contribution is 0.102. The minimum atomic E-state index is -0.588. The second kappa shape index (κ2) is 6.20. The Balaban J connectivity index is 1.79. The first kappa shape index (κ1) is 16.7. The van der Waals surface area contributed by atoms with Crippen LogP contribution in [0, 0.1) is 12.7 Å². The first-order valence-corrected chi connectivity index (χ1v) is 8.01. The third-order valence-corrected chi connectivity index (χ3v) is 4.22. The van der Waals surface area contributed by atoms with Crippen LogP contribution in [0.1, 0.15) is 16.1 Å². The Morgan fingerprint density at radius 3 is 2.81 bits per heavy atom. The van der Waals surface area contributed by atoms with Gasteiger partial charge in [-0.1, -0.05) is 5.21 Å². The maximum Gasteiger partial charge on any atom is 0.278 e. The molecule has 0 aliphatic carbocycles. The standard InChI is InChI=1S/C18H14FN5O3/c1-9-7-11(27-2)4-5-12(9)20-17(25)15-16-18(26)21-13-8-10(19)3-6-14(13)24(16)23-22-15/h3-8H,1-2H3,(H,20,25)(H,21,26). The van der Waals surface area contributed by atoms with E-state index in [0.29, 0.717) is 17.0 Å². The molecule has 9 heteroatoms. The van der Waals surface area contributed by atoms with Gasteiger partial charge in [-0.25, -0.2) is 8.91 Å². The molecule has 4 rings (SSSR count). The van der Waals surface area contributed by atoms with Crippen molar-refractivity contribution >= 4 is 28.1 Å². The fraction of sp³-hybridized carbons (Fsp3) is 0.111. The summed E-state index contributed by atoms with van der Waals surface area (Å²) < 4.78 is 19.8. The summed E-state index contributed by atoms with van der Waals surface area (Å²) in [6, 6.07) is 9.05. The second-order valence-corrected chi connectivity index (χ2v) is 5.95. The van der Waals surface area contributed by atoms with Crippen LogP contribution in [0.15, 0.2) is 41.2 Å². The van der Waals surface area contributed by atoms with Crippen LogP contribution < -0.4 is 15.6 Å². The number of aryl methyl sites for hydroxylation is 1. The van der Waals surface area contributed by atoms with E-state index in [1.165, 1.54) is 22.7 Å². The zero-order valence-electron chi connectivity index (χ0n) is 14.4. The van der Waals surface area contributed by atoms with E-state index in [0.717, 1.165) is 5.56 Å². The fourth-order valence-electron chi connectivity index (χ4n) is 2.87. The lowest BCUT2D eigenvalue weighted by atomic mass is 10.2. The molecule has 0 spiro atoms. The number of rotatable bonds is 3. The number of carbonyl (C=O) groups is 1. The first-order valence-electron chi connectivity index (χ1n) is 8.01. The highest BCUT2D eigenvalue weighted by Gasteiger charge is 2.20. The fourth-order valence-corrected chi connectivity index (χ4v) is 2.87. The summed E-state index contributed by atoms with van der Waals surface area (Å²) in [4.78, 5) is 27.6. The Morgan fingerprint density at radius 2 is 2.07 bits per heavy atom. The number of ether oxygens (including phenoxy) is 1. The smallest absolute Gasteiger partial charge is 0.278 e. The lowest BCUT2D eigenvalue weighted by Crippen LogP contribution is -2.18. The predicted octanol–water partition coefficient (Wildman–Crippen LogP) is 2.28. The molecule has 0 atom stereocenters. The van der Waals surface area contributed by atoms with Gasteiger partial charge < -0.3 is 15.0 Å². The van der Waals surface area contributed by atoms with Crippen molar-refractivity contribution in [2.24, 2.45) is 0 Å². The van der Waals surface area contributed by atoms with Gasteiger partial charge in [0.15, 0.2) is 11.2 Å². The highest BCUT2D eigenvalue weighted by atomic mass is 19.1. The number of anilines is 1. The SMILES string of the molecule is COc1ccc(NC(=O)c2nnn3c2c(=O)[nH]c2cc(F)ccc23)c(C)c1. The largest absolute Gasteiger partial charge is 0.497 e. The normalized spacial score (nSPS) is 11.1. The number of carbonyl (C=O) groups excluding carboxylic acids is 1. The number of hydrogen-bond acceptors (Lipinski definition) is 5. The Hall–Kier alpha value is -3.75. The molecule has 0 unspecified atom stereocenters. The van der Waals surface area contributed by atoms with Gasteiger partial charge in [-0.2, -0.15) is 0 Å². The van der Waals surface area contributed by atoms with Crippen LogP contribution in [-0.4, -0.2) is 32.8 Å². The molecule has 0 aliphatic heterocycles. The number of aromatic amines is 1. The molecular formula is C18H14FN5O3. The van der Waals surface area contributed by atoms with Crippen LogP contribution in [0.25, 0.3) is 16.6 Å². The molecule has 0 saturated carbocycles. The van der Waals surface area contributed by atoms with Gasteiger partial charge in [0.25, 0.3) is 11.5 Å². The summed E-state index contributed by atoms with van der Waals surface area (Å²) in [5.41, 5.74) is 1.30. The van der Waals surface area contributed by atoms with Crippen LogP contribution in [-0.2, 0) is 0 Å². The van der Waals surface area contributed by atoms with E-state index >= 15 is 0 Å². The molecule has 2 N–H and O–H groups in total. The molecule has 0 fully saturated rings. The molecule has 0 aliphatic rings. The van der Waals surface area contributed by atoms with Crippen LogP contribution >= 0.6 is 0 Å². The van der Waals surface area contributed by atoms with Crippen LogP contribution in [0.3, 0.4) is 0 Å². The number of H-pyrrole nitrogens is 1. The van der Waals surface area contributed by atoms with Gasteiger partial charge in [0.2, 0.25) is 0 Å². The third-order valence-electron chi connectivity index (χ3n) is 4.22. The van der Waals surface area contributed by atoms with Gasteiger partial charge in [-0.3, -0.25) is 9.59 Å². The van der Waals surface area contributed by atoms with E-state index in [1.54, 1.807) is 25.3 Å². The Labute approximate surface area is 151 Å². The van der Waals surface area contributed by atoms with E-state index in [-0.39, 0.29) is 16.7 Å². The molecule has 1 amide bonds. The van der Waals surface area contributed by atoms with Gasteiger partial charge in [0, 0.05) is 5.69 Å². The van der Waals surface area contributed by atoms with Crippen molar-refractivity contribution in [3.63, 3.8) is 0 Å². The number of nitrogens with one attached hydrogen (secondary N) is 2. The van der Waals surface area contributed by atoms with Crippen LogP contribution in [0.5, 0.6) is 5.75 Å². The minimum absolute atomic E-state index is 0.0160. The molecule has 136 valence electrons. The highest BCUT2D eigenvalue weighted by Crippen LogP contribution is 2.22. The van der Waals surface area contributed by atoms with E-state index in [9.17, 15) is 14.0 Å². The summed E-state index contributed by atoms with van der Waals surface area (Å²) in [5, 5.41) is 10.5. The number of fused-ring (bicyclic) bond motifs is 3. The Morgan fingerprint density at radius 1 is 1.26 bits per heavy atom. The van der Waals surface area contributed by atoms with Crippen molar-refractivity contribution in [3.05, 3.63) is 63.8 Å². The van der Waals surface area contributed by atoms with E-state index < -0.39 is 17.3 Å². The molecule has 2 aromatic carbocycles. The summed E-state index contributed by atoms with van der Waals surface area (Å²) in [6.45, 7) is 1.82. The predicted molar refractivity (Wildman–Crippen MR) is 96.8 cm³/mol. The van der Waals surface area contributed by atoms with Crippen LogP contribution in [0.2, 0.25) is 0 Å². The zero-order valence-corrected chi connectivity index (χ0v) is 14.4. The third kappa shape index (κ3) is 2.78. The maximum atomic E-state index is 13.4. The van der Waals surface area contributed by atoms with E-state index in [4.69, 9.17) is 4.74 Å². The van der Waals surface area contributed by atoms with Gasteiger partial charge in [-0.05, 0) is 48.9 Å². The highest BCUT2D eigenvalue weighted by molar-refractivity contribution is 6.08. The minimum Gasteiger partial charge on any atom is -0.497 e. The molecular weight excluding hydrogens is 353 g/mol. The summed E-state index contributed by atoms with van der Waals surface area (Å²) >= 11 is 0. The number of methoxy groups -OCH3 is 1. The summed E-state index contributed by atoms with van der Waals surface area (Å²) in [7, 11) is 1.55. The van der Waals surface area contributed by atoms with Gasteiger partial charge in [0.1, 0.15) is 11.6 Å². The van der Waals surface area contributed by atoms with Crippen LogP contribution in [0.4, 0.5) is 10.1 Å². The number of aromatic nitrogens is 4. The van der Waals surface area contributed by atoms with Crippen molar-refractivity contribution < 1.29 is 13.9 Å². The van der Waals surface area contributed by atoms with Gasteiger partial charge in [-0.15, -0.1) is 5.10 Å². The molecule has 8 nitrogen and oxygen atoms in total. The van der Waals surface area contributed by atoms with Gasteiger partial charge in [0.05, 0.1) is 18.1 Å². The van der Waals surface area contributed by atoms with E-state index in [2.05, 4.69) is 20.6 Å². The number of amides is 1. The van der Waals surface area contributed by atoms with Crippen molar-refractivity contribution in [2.45, 2.75) is 6.92 Å². The molecule has 0 radical (unpaired) electrons. The van der Waals surface area contributed by atoms with Crippen molar-refractivity contribution in [1.29, 1.82) is 0 Å². The number of hydrogen-bond donors (Lipinski definition) is 2. The quantitative estimate of drug-likeness (QED) is 0.578. The number of halogens is 1. The zero-order chi connectivity index (χ0) is 19.1. The Bertz CT molecular complexity index is 1260. The Kier molecular flexibility index (Phi) is 3.84. The average molecular weight is 367 g/mol. The maximum absolute atomic E-state index is 13.4. The average Bonchev–Trinajstić information content (AvgIpc) is 3.09. The topological polar surface area (TPSA) is 101 Å². The molecule has 0 saturated heterocycles. The molecule has 2 aromatic heterocycles. The van der Waals surface area contributed by atoms with Crippen molar-refractivity contribution in [3.8, 4) is 5.75 Å². The number of benzene rings is 2. The summed E-state index contributed by atoms with van der Waals surface area (Å²) in [5.74, 6) is -0.412. The lowest BCUT2D eigenvalue weighted by Gasteiger charge is -2.09. The molecule has 0 bridgehead atoms. The monoisotopic (exact) mass is 367 g/mol. The van der Waals surface area contributed by atoms with Crippen molar-refractivity contribution in [2.75, 3.05) is 12.4 Å². The summed E-state index contributed by atoms with van der Waals surface area (Å²) in [6.07, 6.45) is 0. The van der Waals surface area contributed by atoms with E-state index in [1.807, 2.05) is 6.92 Å². The molecule has 4 aromatic rings. The molecule has 27 heavy (non-hydrogen) atoms. The molecule has 2 heterocycles.